The zero-order valence-corrected chi connectivity index (χ0v) is 15.6. The molecule has 1 heterocycles. The largest absolute Gasteiger partial charge is 0.455 e. The summed E-state index contributed by atoms with van der Waals surface area (Å²) in [7, 11) is -3.05. The summed E-state index contributed by atoms with van der Waals surface area (Å²) in [4.78, 5) is 35.9. The fourth-order valence-electron chi connectivity index (χ4n) is 3.28. The number of hydrogen-bond donors (Lipinski definition) is 2. The van der Waals surface area contributed by atoms with E-state index in [2.05, 4.69) is 10.9 Å². The van der Waals surface area contributed by atoms with Crippen molar-refractivity contribution in [2.45, 2.75) is 31.1 Å². The van der Waals surface area contributed by atoms with Crippen molar-refractivity contribution in [2.24, 2.45) is 5.92 Å². The SMILES string of the molecule is O=C(COC(=O)C1(c2ccccc2)CC1)NNC(=O)C[C@@H]1CCS(=O)(=O)C1. The molecule has 0 spiro atoms. The predicted molar refractivity (Wildman–Crippen MR) is 96.0 cm³/mol. The molecule has 1 aliphatic heterocycles. The molecule has 146 valence electrons. The van der Waals surface area contributed by atoms with Crippen LogP contribution in [0.5, 0.6) is 0 Å². The molecule has 0 bridgehead atoms. The fraction of sp³-hybridized carbons (Fsp3) is 0.500. The molecule has 1 aromatic carbocycles. The quantitative estimate of drug-likeness (QED) is 0.527. The van der Waals surface area contributed by atoms with Crippen LogP contribution in [0.2, 0.25) is 0 Å². The lowest BCUT2D eigenvalue weighted by Crippen LogP contribution is -2.44. The summed E-state index contributed by atoms with van der Waals surface area (Å²) >= 11 is 0. The molecule has 3 rings (SSSR count). The summed E-state index contributed by atoms with van der Waals surface area (Å²) in [6.07, 6.45) is 1.83. The molecule has 1 saturated heterocycles. The van der Waals surface area contributed by atoms with Crippen molar-refractivity contribution in [3.8, 4) is 0 Å². The predicted octanol–water partition coefficient (Wildman–Crippen LogP) is 0.234. The topological polar surface area (TPSA) is 119 Å². The number of amides is 2. The van der Waals surface area contributed by atoms with Gasteiger partial charge in [-0.05, 0) is 30.7 Å². The summed E-state index contributed by atoms with van der Waals surface area (Å²) in [5, 5.41) is 0. The third-order valence-corrected chi connectivity index (χ3v) is 6.78. The van der Waals surface area contributed by atoms with E-state index in [4.69, 9.17) is 4.74 Å². The Kier molecular flexibility index (Phi) is 5.50. The van der Waals surface area contributed by atoms with Crippen LogP contribution in [0.25, 0.3) is 0 Å². The van der Waals surface area contributed by atoms with Gasteiger partial charge in [0, 0.05) is 6.42 Å². The molecular formula is C18H22N2O6S. The second-order valence-corrected chi connectivity index (χ2v) is 9.32. The highest BCUT2D eigenvalue weighted by molar-refractivity contribution is 7.91. The van der Waals surface area contributed by atoms with E-state index in [0.29, 0.717) is 19.3 Å². The lowest BCUT2D eigenvalue weighted by atomic mass is 9.96. The first kappa shape index (κ1) is 19.3. The van der Waals surface area contributed by atoms with Crippen LogP contribution in [0.4, 0.5) is 0 Å². The molecule has 2 aliphatic rings. The fourth-order valence-corrected chi connectivity index (χ4v) is 5.15. The van der Waals surface area contributed by atoms with Crippen LogP contribution in [0.3, 0.4) is 0 Å². The van der Waals surface area contributed by atoms with E-state index >= 15 is 0 Å². The van der Waals surface area contributed by atoms with Crippen molar-refractivity contribution >= 4 is 27.6 Å². The molecule has 0 aromatic heterocycles. The van der Waals surface area contributed by atoms with E-state index in [0.717, 1.165) is 5.56 Å². The highest BCUT2D eigenvalue weighted by atomic mass is 32.2. The summed E-state index contributed by atoms with van der Waals surface area (Å²) in [5.41, 5.74) is 4.60. The van der Waals surface area contributed by atoms with Gasteiger partial charge in [0.25, 0.3) is 5.91 Å². The first-order chi connectivity index (χ1) is 12.8. The zero-order valence-electron chi connectivity index (χ0n) is 14.8. The third kappa shape index (κ3) is 4.85. The smallest absolute Gasteiger partial charge is 0.317 e. The van der Waals surface area contributed by atoms with Gasteiger partial charge in [-0.25, -0.2) is 8.42 Å². The van der Waals surface area contributed by atoms with Gasteiger partial charge >= 0.3 is 5.97 Å². The van der Waals surface area contributed by atoms with Gasteiger partial charge in [-0.1, -0.05) is 30.3 Å². The van der Waals surface area contributed by atoms with Gasteiger partial charge in [0.1, 0.15) is 0 Å². The highest BCUT2D eigenvalue weighted by Gasteiger charge is 2.52. The summed E-state index contributed by atoms with van der Waals surface area (Å²) in [6.45, 7) is -0.495. The Labute approximate surface area is 157 Å². The van der Waals surface area contributed by atoms with Gasteiger partial charge in [-0.2, -0.15) is 0 Å². The number of ether oxygens (including phenoxy) is 1. The van der Waals surface area contributed by atoms with Gasteiger partial charge in [0.15, 0.2) is 16.4 Å². The van der Waals surface area contributed by atoms with Gasteiger partial charge < -0.3 is 4.74 Å². The molecule has 2 N–H and O–H groups in total. The van der Waals surface area contributed by atoms with Crippen molar-refractivity contribution < 1.29 is 27.5 Å². The molecule has 2 fully saturated rings. The molecule has 1 atom stereocenters. The minimum absolute atomic E-state index is 0.00640. The number of hydrogen-bond acceptors (Lipinski definition) is 6. The molecule has 0 unspecified atom stereocenters. The van der Waals surface area contributed by atoms with E-state index in [1.165, 1.54) is 0 Å². The molecule has 8 nitrogen and oxygen atoms in total. The van der Waals surface area contributed by atoms with Crippen LogP contribution in [0.15, 0.2) is 30.3 Å². The van der Waals surface area contributed by atoms with Gasteiger partial charge in [0.05, 0.1) is 16.9 Å². The number of benzene rings is 1. The van der Waals surface area contributed by atoms with Crippen molar-refractivity contribution in [2.75, 3.05) is 18.1 Å². The normalized spacial score (nSPS) is 21.9. The Hall–Kier alpha value is -2.42. The standard InChI is InChI=1S/C18H22N2O6S/c21-15(10-13-6-9-27(24,25)12-13)19-20-16(22)11-26-17(23)18(7-8-18)14-4-2-1-3-5-14/h1-5,13H,6-12H2,(H,19,21)(H,20,22)/t13-/m0/s1. The van der Waals surface area contributed by atoms with Crippen LogP contribution in [-0.4, -0.2) is 44.3 Å². The first-order valence-electron chi connectivity index (χ1n) is 8.82. The number of hydrazine groups is 1. The minimum atomic E-state index is -3.05. The van der Waals surface area contributed by atoms with E-state index < -0.39 is 39.6 Å². The molecule has 0 radical (unpaired) electrons. The number of nitrogens with one attached hydrogen (secondary N) is 2. The van der Waals surface area contributed by atoms with Crippen molar-refractivity contribution in [1.29, 1.82) is 0 Å². The maximum atomic E-state index is 12.3. The summed E-state index contributed by atoms with van der Waals surface area (Å²) < 4.78 is 27.8. The Morgan fingerprint density at radius 3 is 2.33 bits per heavy atom. The molecule has 1 saturated carbocycles. The van der Waals surface area contributed by atoms with Crippen LogP contribution in [-0.2, 0) is 34.4 Å². The average Bonchev–Trinajstić information content (AvgIpc) is 3.38. The van der Waals surface area contributed by atoms with Gasteiger partial charge in [-0.15, -0.1) is 0 Å². The number of rotatable bonds is 6. The molecule has 2 amide bonds. The first-order valence-corrected chi connectivity index (χ1v) is 10.6. The molecule has 1 aliphatic carbocycles. The van der Waals surface area contributed by atoms with Crippen LogP contribution in [0, 0.1) is 5.92 Å². The summed E-state index contributed by atoms with van der Waals surface area (Å²) in [5.74, 6) is -1.72. The average molecular weight is 394 g/mol. The third-order valence-electron chi connectivity index (χ3n) is 4.94. The Bertz CT molecular complexity index is 833. The number of esters is 1. The molecule has 9 heteroatoms. The van der Waals surface area contributed by atoms with E-state index in [-0.39, 0.29) is 23.8 Å². The minimum Gasteiger partial charge on any atom is -0.455 e. The maximum absolute atomic E-state index is 12.3. The van der Waals surface area contributed by atoms with Crippen LogP contribution >= 0.6 is 0 Å². The second kappa shape index (κ2) is 7.67. The van der Waals surface area contributed by atoms with Gasteiger partial charge in [0.2, 0.25) is 5.91 Å². The molecule has 1 aromatic rings. The molecule has 27 heavy (non-hydrogen) atoms. The van der Waals surface area contributed by atoms with E-state index in [1.54, 1.807) is 0 Å². The number of carbonyl (C=O) groups excluding carboxylic acids is 3. The number of sulfone groups is 1. The lowest BCUT2D eigenvalue weighted by molar-refractivity contribution is -0.151. The Balaban J connectivity index is 1.39. The Morgan fingerprint density at radius 2 is 1.74 bits per heavy atom. The van der Waals surface area contributed by atoms with E-state index in [1.807, 2.05) is 30.3 Å². The Morgan fingerprint density at radius 1 is 1.07 bits per heavy atom. The second-order valence-electron chi connectivity index (χ2n) is 7.09. The van der Waals surface area contributed by atoms with Crippen LogP contribution < -0.4 is 10.9 Å². The lowest BCUT2D eigenvalue weighted by Gasteiger charge is -2.15. The highest BCUT2D eigenvalue weighted by Crippen LogP contribution is 2.49. The van der Waals surface area contributed by atoms with Crippen molar-refractivity contribution in [3.63, 3.8) is 0 Å². The molecular weight excluding hydrogens is 372 g/mol. The maximum Gasteiger partial charge on any atom is 0.317 e. The van der Waals surface area contributed by atoms with Crippen molar-refractivity contribution in [3.05, 3.63) is 35.9 Å². The van der Waals surface area contributed by atoms with Crippen molar-refractivity contribution in [1.82, 2.24) is 10.9 Å². The van der Waals surface area contributed by atoms with E-state index in [9.17, 15) is 22.8 Å². The van der Waals surface area contributed by atoms with Crippen LogP contribution in [0.1, 0.15) is 31.2 Å². The zero-order chi connectivity index (χ0) is 19.5. The van der Waals surface area contributed by atoms with Gasteiger partial charge in [-0.3, -0.25) is 25.2 Å². The number of carbonyl (C=O) groups is 3. The monoisotopic (exact) mass is 394 g/mol. The summed E-state index contributed by atoms with van der Waals surface area (Å²) in [6, 6.07) is 9.28.